The second-order valence-electron chi connectivity index (χ2n) is 4.32. The minimum absolute atomic E-state index is 0.952. The fourth-order valence-electron chi connectivity index (χ4n) is 1.69. The predicted octanol–water partition coefficient (Wildman–Crippen LogP) is 5.91. The summed E-state index contributed by atoms with van der Waals surface area (Å²) in [6.07, 6.45) is 7.35. The Kier molecular flexibility index (Phi) is 6.03. The fraction of sp³-hybridized carbons (Fsp3) is 0.133. The lowest BCUT2D eigenvalue weighted by Gasteiger charge is -2.03. The Morgan fingerprint density at radius 2 is 1.18 bits per heavy atom. The Morgan fingerprint density at radius 3 is 1.59 bits per heavy atom. The van der Waals surface area contributed by atoms with Gasteiger partial charge in [-0.1, -0.05) is 12.2 Å². The third-order valence-electron chi connectivity index (χ3n) is 2.76. The third-order valence-corrected chi connectivity index (χ3v) is 8.48. The zero-order chi connectivity index (χ0) is 15.2. The van der Waals surface area contributed by atoms with Crippen molar-refractivity contribution in [3.05, 3.63) is 63.3 Å². The van der Waals surface area contributed by atoms with Crippen molar-refractivity contribution in [2.75, 3.05) is 0 Å². The summed E-state index contributed by atoms with van der Waals surface area (Å²) in [7, 11) is 0. The van der Waals surface area contributed by atoms with Crippen LogP contribution in [0.1, 0.15) is 11.1 Å². The molecule has 7 heteroatoms. The van der Waals surface area contributed by atoms with Gasteiger partial charge in [0.2, 0.25) is 0 Å². The van der Waals surface area contributed by atoms with Crippen LogP contribution in [-0.4, -0.2) is 9.97 Å². The Labute approximate surface area is 151 Å². The Morgan fingerprint density at radius 1 is 0.773 bits per heavy atom. The minimum atomic E-state index is 0.952. The highest BCUT2D eigenvalue weighted by atomic mass is 32.2. The van der Waals surface area contributed by atoms with Gasteiger partial charge in [0.25, 0.3) is 0 Å². The van der Waals surface area contributed by atoms with Crippen LogP contribution in [0.15, 0.2) is 57.5 Å². The summed E-state index contributed by atoms with van der Waals surface area (Å²) in [4.78, 5) is 8.11. The van der Waals surface area contributed by atoms with E-state index in [2.05, 4.69) is 34.2 Å². The number of aromatic nitrogens is 2. The first-order valence-corrected chi connectivity index (χ1v) is 10.5. The molecule has 0 bridgehead atoms. The maximum absolute atomic E-state index is 5.37. The fourth-order valence-corrected chi connectivity index (χ4v) is 7.71. The van der Waals surface area contributed by atoms with Crippen LogP contribution in [-0.2, 0) is 11.5 Å². The van der Waals surface area contributed by atoms with E-state index in [1.807, 2.05) is 48.3 Å². The molecule has 3 heterocycles. The second kappa shape index (κ2) is 8.21. The van der Waals surface area contributed by atoms with Crippen LogP contribution in [0.25, 0.3) is 0 Å². The Hall–Kier alpha value is -0.730. The third kappa shape index (κ3) is 4.63. The first kappa shape index (κ1) is 16.1. The molecule has 3 aromatic heterocycles. The van der Waals surface area contributed by atoms with E-state index in [4.69, 9.17) is 12.2 Å². The van der Waals surface area contributed by atoms with Gasteiger partial charge >= 0.3 is 0 Å². The molecule has 0 N–H and O–H groups in total. The highest BCUT2D eigenvalue weighted by molar-refractivity contribution is 8.04. The molecule has 0 saturated heterocycles. The van der Waals surface area contributed by atoms with Gasteiger partial charge in [0, 0.05) is 36.3 Å². The van der Waals surface area contributed by atoms with Crippen molar-refractivity contribution in [1.82, 2.24) is 9.97 Å². The molecule has 0 aliphatic carbocycles. The van der Waals surface area contributed by atoms with Crippen molar-refractivity contribution in [2.45, 2.75) is 19.9 Å². The zero-order valence-corrected chi connectivity index (χ0v) is 15.6. The van der Waals surface area contributed by atoms with Crippen LogP contribution in [0.2, 0.25) is 0 Å². The highest BCUT2D eigenvalue weighted by Crippen LogP contribution is 2.42. The van der Waals surface area contributed by atoms with Crippen LogP contribution < -0.4 is 0 Å². The van der Waals surface area contributed by atoms with E-state index in [9.17, 15) is 0 Å². The van der Waals surface area contributed by atoms with Gasteiger partial charge in [-0.3, -0.25) is 9.97 Å². The molecule has 0 amide bonds. The van der Waals surface area contributed by atoms with Gasteiger partial charge in [0.15, 0.2) is 0 Å². The van der Waals surface area contributed by atoms with E-state index in [1.165, 1.54) is 19.5 Å². The summed E-state index contributed by atoms with van der Waals surface area (Å²) < 4.78 is 3.64. The summed E-state index contributed by atoms with van der Waals surface area (Å²) in [5.74, 6) is 1.90. The van der Waals surface area contributed by atoms with Crippen LogP contribution >= 0.6 is 58.4 Å². The van der Waals surface area contributed by atoms with Crippen molar-refractivity contribution >= 4 is 58.4 Å². The van der Waals surface area contributed by atoms with Crippen molar-refractivity contribution in [1.29, 1.82) is 0 Å². The topological polar surface area (TPSA) is 25.8 Å². The van der Waals surface area contributed by atoms with Gasteiger partial charge in [-0.05, 0) is 35.4 Å². The number of nitrogens with zero attached hydrogens (tertiary/aromatic N) is 2. The lowest BCUT2D eigenvalue weighted by atomic mass is 10.3. The van der Waals surface area contributed by atoms with E-state index in [0.717, 1.165) is 14.6 Å². The smallest absolute Gasteiger partial charge is 0.145 e. The molecule has 0 aliphatic rings. The molecule has 2 nitrogen and oxygen atoms in total. The van der Waals surface area contributed by atoms with Crippen molar-refractivity contribution in [3.8, 4) is 0 Å². The summed E-state index contributed by atoms with van der Waals surface area (Å²) in [5.41, 5.74) is 2.57. The summed E-state index contributed by atoms with van der Waals surface area (Å²) in [6, 6.07) is 8.23. The largest absolute Gasteiger partial charge is 0.265 e. The number of hydrogen-bond acceptors (Lipinski definition) is 7. The molecule has 3 aromatic rings. The molecule has 22 heavy (non-hydrogen) atoms. The Bertz CT molecular complexity index is 703. The number of pyridine rings is 2. The van der Waals surface area contributed by atoms with Gasteiger partial charge in [-0.25, -0.2) is 0 Å². The molecule has 112 valence electrons. The maximum Gasteiger partial charge on any atom is 0.145 e. The first-order valence-electron chi connectivity index (χ1n) is 6.48. The van der Waals surface area contributed by atoms with Crippen LogP contribution in [0, 0.1) is 3.14 Å². The maximum atomic E-state index is 5.37. The SMILES string of the molecule is S=c1sc(SCc2ccncc2)c(SCc2ccncc2)s1. The molecular formula is C15H12N2S5. The highest BCUT2D eigenvalue weighted by Gasteiger charge is 2.09. The molecule has 3 rings (SSSR count). The minimum Gasteiger partial charge on any atom is -0.265 e. The monoisotopic (exact) mass is 380 g/mol. The van der Waals surface area contributed by atoms with E-state index in [1.54, 1.807) is 22.7 Å². The molecule has 0 radical (unpaired) electrons. The van der Waals surface area contributed by atoms with Crippen molar-refractivity contribution < 1.29 is 0 Å². The molecule has 0 unspecified atom stereocenters. The standard InChI is InChI=1S/C15H12N2S5/c18-15-21-13(19-9-11-1-5-16-6-2-11)14(22-15)20-10-12-3-7-17-8-4-12/h1-8H,9-10H2. The van der Waals surface area contributed by atoms with E-state index < -0.39 is 0 Å². The van der Waals surface area contributed by atoms with Crippen LogP contribution in [0.3, 0.4) is 0 Å². The summed E-state index contributed by atoms with van der Waals surface area (Å²) in [5, 5.41) is 0. The number of rotatable bonds is 6. The molecule has 0 saturated carbocycles. The lowest BCUT2D eigenvalue weighted by molar-refractivity contribution is 1.26. The quantitative estimate of drug-likeness (QED) is 0.391. The molecule has 0 aromatic carbocycles. The summed E-state index contributed by atoms with van der Waals surface area (Å²) >= 11 is 12.5. The van der Waals surface area contributed by atoms with Gasteiger partial charge in [0.05, 0.1) is 8.42 Å². The Balaban J connectivity index is 1.66. The van der Waals surface area contributed by atoms with Gasteiger partial charge in [-0.15, -0.1) is 46.2 Å². The zero-order valence-electron chi connectivity index (χ0n) is 11.5. The molecule has 0 aliphatic heterocycles. The number of hydrogen-bond donors (Lipinski definition) is 0. The average Bonchev–Trinajstić information content (AvgIpc) is 2.93. The normalized spacial score (nSPS) is 10.7. The van der Waals surface area contributed by atoms with Gasteiger partial charge in [0.1, 0.15) is 3.14 Å². The average molecular weight is 381 g/mol. The second-order valence-corrected chi connectivity index (χ2v) is 10.0. The van der Waals surface area contributed by atoms with Gasteiger partial charge < -0.3 is 0 Å². The van der Waals surface area contributed by atoms with Crippen LogP contribution in [0.4, 0.5) is 0 Å². The van der Waals surface area contributed by atoms with Crippen LogP contribution in [0.5, 0.6) is 0 Å². The molecular weight excluding hydrogens is 369 g/mol. The van der Waals surface area contributed by atoms with E-state index in [-0.39, 0.29) is 0 Å². The summed E-state index contributed by atoms with van der Waals surface area (Å²) in [6.45, 7) is 0. The van der Waals surface area contributed by atoms with Crippen molar-refractivity contribution in [2.24, 2.45) is 0 Å². The van der Waals surface area contributed by atoms with E-state index >= 15 is 0 Å². The van der Waals surface area contributed by atoms with E-state index in [0.29, 0.717) is 0 Å². The molecule has 0 spiro atoms. The lowest BCUT2D eigenvalue weighted by Crippen LogP contribution is -1.81. The van der Waals surface area contributed by atoms with Crippen molar-refractivity contribution in [3.63, 3.8) is 0 Å². The first-order chi connectivity index (χ1) is 10.8. The number of thioether (sulfide) groups is 2. The molecule has 0 fully saturated rings. The van der Waals surface area contributed by atoms with Gasteiger partial charge in [-0.2, -0.15) is 0 Å². The predicted molar refractivity (Wildman–Crippen MR) is 101 cm³/mol. The molecule has 0 atom stereocenters.